The number of carbonyl (C=O) groups is 1. The molecule has 0 saturated carbocycles. The molecule has 25 heavy (non-hydrogen) atoms. The molecule has 0 radical (unpaired) electrons. The van der Waals surface area contributed by atoms with Crippen molar-refractivity contribution in [3.05, 3.63) is 72.2 Å². The summed E-state index contributed by atoms with van der Waals surface area (Å²) in [5.74, 6) is -0.714. The maximum atomic E-state index is 12.1. The molecule has 0 aliphatic heterocycles. The highest BCUT2D eigenvalue weighted by Gasteiger charge is 2.18. The third kappa shape index (κ3) is 4.05. The van der Waals surface area contributed by atoms with Gasteiger partial charge in [-0.15, -0.1) is 0 Å². The Labute approximate surface area is 141 Å². The second kappa shape index (κ2) is 6.91. The van der Waals surface area contributed by atoms with Crippen LogP contribution in [0.4, 0.5) is 17.1 Å². The van der Waals surface area contributed by atoms with E-state index >= 15 is 0 Å². The van der Waals surface area contributed by atoms with Gasteiger partial charge < -0.3 is 5.32 Å². The van der Waals surface area contributed by atoms with Crippen LogP contribution in [0.25, 0.3) is 0 Å². The van der Waals surface area contributed by atoms with Gasteiger partial charge in [0.15, 0.2) is 0 Å². The number of aromatic nitrogens is 1. The summed E-state index contributed by atoms with van der Waals surface area (Å²) < 4.78 is 0.861. The van der Waals surface area contributed by atoms with Crippen LogP contribution in [0.1, 0.15) is 11.1 Å². The van der Waals surface area contributed by atoms with Crippen molar-refractivity contribution in [3.8, 4) is 0 Å². The van der Waals surface area contributed by atoms with Crippen LogP contribution in [0.2, 0.25) is 0 Å². The predicted molar refractivity (Wildman–Crippen MR) is 88.6 cm³/mol. The normalized spacial score (nSPS) is 10.3. The monoisotopic (exact) mass is 346 g/mol. The Hall–Kier alpha value is -3.56. The van der Waals surface area contributed by atoms with Gasteiger partial charge >= 0.3 is 0 Å². The molecule has 0 aliphatic carbocycles. The van der Waals surface area contributed by atoms with Crippen molar-refractivity contribution >= 4 is 23.0 Å². The summed E-state index contributed by atoms with van der Waals surface area (Å²) in [6.45, 7) is 2.93. The second-order valence-corrected chi connectivity index (χ2v) is 5.37. The average Bonchev–Trinajstić information content (AvgIpc) is 2.52. The van der Waals surface area contributed by atoms with Crippen LogP contribution < -0.4 is 10.9 Å². The van der Waals surface area contributed by atoms with E-state index in [4.69, 9.17) is 0 Å². The maximum Gasteiger partial charge on any atom is 0.293 e. The highest BCUT2D eigenvalue weighted by Crippen LogP contribution is 2.27. The van der Waals surface area contributed by atoms with Crippen molar-refractivity contribution in [1.29, 1.82) is 0 Å². The molecule has 1 aromatic heterocycles. The molecule has 2 rings (SSSR count). The summed E-state index contributed by atoms with van der Waals surface area (Å²) >= 11 is 0. The molecule has 0 unspecified atom stereocenters. The fourth-order valence-corrected chi connectivity index (χ4v) is 2.15. The largest absolute Gasteiger partial charge is 0.319 e. The van der Waals surface area contributed by atoms with E-state index in [-0.39, 0.29) is 17.1 Å². The van der Waals surface area contributed by atoms with E-state index in [9.17, 15) is 29.8 Å². The van der Waals surface area contributed by atoms with Gasteiger partial charge in [-0.05, 0) is 31.0 Å². The van der Waals surface area contributed by atoms with Crippen LogP contribution in [0.3, 0.4) is 0 Å². The SMILES string of the molecule is Cc1cc(NC(=O)Cn2cc([N+](=O)[O-])ccc2=O)c([N+](=O)[O-])cc1C. The molecule has 0 saturated heterocycles. The van der Waals surface area contributed by atoms with Crippen LogP contribution in [0, 0.1) is 34.1 Å². The van der Waals surface area contributed by atoms with E-state index in [2.05, 4.69) is 5.32 Å². The summed E-state index contributed by atoms with van der Waals surface area (Å²) in [4.78, 5) is 44.4. The molecule has 2 aromatic rings. The second-order valence-electron chi connectivity index (χ2n) is 5.37. The lowest BCUT2D eigenvalue weighted by atomic mass is 10.1. The van der Waals surface area contributed by atoms with E-state index in [1.54, 1.807) is 13.8 Å². The zero-order valence-corrected chi connectivity index (χ0v) is 13.4. The summed E-state index contributed by atoms with van der Waals surface area (Å²) in [5.41, 5.74) is 0.215. The number of nitrogens with zero attached hydrogens (tertiary/aromatic N) is 3. The molecule has 0 aliphatic rings. The van der Waals surface area contributed by atoms with Crippen LogP contribution in [-0.2, 0) is 11.3 Å². The number of rotatable bonds is 5. The molecule has 130 valence electrons. The Bertz CT molecular complexity index is 934. The van der Waals surface area contributed by atoms with Gasteiger partial charge in [0.2, 0.25) is 5.91 Å². The number of nitrogens with one attached hydrogen (secondary N) is 1. The minimum Gasteiger partial charge on any atom is -0.319 e. The van der Waals surface area contributed by atoms with E-state index in [0.29, 0.717) is 5.56 Å². The first kappa shape index (κ1) is 17.8. The highest BCUT2D eigenvalue weighted by molar-refractivity contribution is 5.93. The van der Waals surface area contributed by atoms with Gasteiger partial charge in [0.1, 0.15) is 12.2 Å². The smallest absolute Gasteiger partial charge is 0.293 e. The van der Waals surface area contributed by atoms with Gasteiger partial charge in [-0.25, -0.2) is 0 Å². The molecule has 0 bridgehead atoms. The molecule has 0 fully saturated rings. The Morgan fingerprint density at radius 2 is 1.76 bits per heavy atom. The van der Waals surface area contributed by atoms with Gasteiger partial charge in [-0.1, -0.05) is 0 Å². The van der Waals surface area contributed by atoms with Gasteiger partial charge in [-0.3, -0.25) is 34.4 Å². The number of nitro groups is 2. The molecule has 1 amide bonds. The van der Waals surface area contributed by atoms with Gasteiger partial charge in [0, 0.05) is 18.2 Å². The summed E-state index contributed by atoms with van der Waals surface area (Å²) in [6.07, 6.45) is 0.941. The molecular weight excluding hydrogens is 332 g/mol. The lowest BCUT2D eigenvalue weighted by molar-refractivity contribution is -0.385. The number of benzene rings is 1. The van der Waals surface area contributed by atoms with Crippen molar-refractivity contribution in [2.24, 2.45) is 0 Å². The third-order valence-corrected chi connectivity index (χ3v) is 3.58. The van der Waals surface area contributed by atoms with Crippen LogP contribution in [0.15, 0.2) is 35.3 Å². The van der Waals surface area contributed by atoms with E-state index in [1.807, 2.05) is 0 Å². The van der Waals surface area contributed by atoms with Crippen LogP contribution >= 0.6 is 0 Å². The number of hydrogen-bond donors (Lipinski definition) is 1. The quantitative estimate of drug-likeness (QED) is 0.648. The van der Waals surface area contributed by atoms with Crippen molar-refractivity contribution < 1.29 is 14.6 Å². The Morgan fingerprint density at radius 1 is 1.12 bits per heavy atom. The van der Waals surface area contributed by atoms with Gasteiger partial charge in [0.05, 0.1) is 16.0 Å². The summed E-state index contributed by atoms with van der Waals surface area (Å²) in [5, 5.41) is 24.2. The lowest BCUT2D eigenvalue weighted by Crippen LogP contribution is -2.27. The molecule has 10 nitrogen and oxygen atoms in total. The van der Waals surface area contributed by atoms with Gasteiger partial charge in [-0.2, -0.15) is 0 Å². The Balaban J connectivity index is 2.28. The molecule has 1 N–H and O–H groups in total. The first-order valence-corrected chi connectivity index (χ1v) is 7.09. The fraction of sp³-hybridized carbons (Fsp3) is 0.200. The highest BCUT2D eigenvalue weighted by atomic mass is 16.6. The molecule has 1 aromatic carbocycles. The molecular formula is C15H14N4O6. The first-order valence-electron chi connectivity index (χ1n) is 7.09. The van der Waals surface area contributed by atoms with E-state index in [1.165, 1.54) is 12.1 Å². The number of hydrogen-bond acceptors (Lipinski definition) is 6. The molecule has 10 heteroatoms. The molecule has 0 spiro atoms. The fourth-order valence-electron chi connectivity index (χ4n) is 2.15. The van der Waals surface area contributed by atoms with Crippen molar-refractivity contribution in [2.45, 2.75) is 20.4 Å². The number of nitro benzene ring substituents is 1. The zero-order valence-electron chi connectivity index (χ0n) is 13.4. The lowest BCUT2D eigenvalue weighted by Gasteiger charge is -2.10. The van der Waals surface area contributed by atoms with Crippen LogP contribution in [-0.4, -0.2) is 20.3 Å². The number of aryl methyl sites for hydroxylation is 2. The maximum absolute atomic E-state index is 12.1. The summed E-state index contributed by atoms with van der Waals surface area (Å²) in [7, 11) is 0. The van der Waals surface area contributed by atoms with Crippen molar-refractivity contribution in [1.82, 2.24) is 4.57 Å². The first-order chi connectivity index (χ1) is 11.7. The van der Waals surface area contributed by atoms with Crippen molar-refractivity contribution in [3.63, 3.8) is 0 Å². The van der Waals surface area contributed by atoms with Gasteiger partial charge in [0.25, 0.3) is 16.9 Å². The average molecular weight is 346 g/mol. The number of anilines is 1. The topological polar surface area (TPSA) is 137 Å². The predicted octanol–water partition coefficient (Wildman–Crippen LogP) is 1.92. The molecule has 0 atom stereocenters. The van der Waals surface area contributed by atoms with E-state index in [0.717, 1.165) is 28.5 Å². The third-order valence-electron chi connectivity index (χ3n) is 3.58. The van der Waals surface area contributed by atoms with Crippen molar-refractivity contribution in [2.75, 3.05) is 5.32 Å². The minimum absolute atomic E-state index is 0.00317. The summed E-state index contributed by atoms with van der Waals surface area (Å²) in [6, 6.07) is 4.81. The Kier molecular flexibility index (Phi) is 4.92. The zero-order chi connectivity index (χ0) is 18.7. The number of carbonyl (C=O) groups excluding carboxylic acids is 1. The molecule has 1 heterocycles. The standard InChI is InChI=1S/C15H14N4O6/c1-9-5-12(13(19(24)25)6-10(9)2)16-14(20)8-17-7-11(18(22)23)3-4-15(17)21/h3-7H,8H2,1-2H3,(H,16,20). The number of amides is 1. The van der Waals surface area contributed by atoms with Crippen LogP contribution in [0.5, 0.6) is 0 Å². The minimum atomic E-state index is -0.714. The number of pyridine rings is 1. The van der Waals surface area contributed by atoms with E-state index < -0.39 is 27.9 Å². The Morgan fingerprint density at radius 3 is 2.36 bits per heavy atom.